The van der Waals surface area contributed by atoms with Crippen molar-refractivity contribution in [3.05, 3.63) is 35.9 Å². The number of nitrogens with one attached hydrogen (secondary N) is 2. The van der Waals surface area contributed by atoms with Crippen LogP contribution < -0.4 is 10.6 Å². The third-order valence-corrected chi connectivity index (χ3v) is 4.79. The van der Waals surface area contributed by atoms with Gasteiger partial charge in [-0.2, -0.15) is 0 Å². The zero-order valence-corrected chi connectivity index (χ0v) is 17.3. The van der Waals surface area contributed by atoms with Gasteiger partial charge in [-0.15, -0.1) is 0 Å². The van der Waals surface area contributed by atoms with Crippen LogP contribution in [0.4, 0.5) is 4.79 Å². The molecule has 1 aliphatic rings. The summed E-state index contributed by atoms with van der Waals surface area (Å²) in [6.45, 7) is 11.9. The first-order valence-corrected chi connectivity index (χ1v) is 10.4. The van der Waals surface area contributed by atoms with E-state index in [1.165, 1.54) is 18.4 Å². The highest BCUT2D eigenvalue weighted by Crippen LogP contribution is 2.15. The number of hydrogen-bond donors (Lipinski definition) is 2. The Morgan fingerprint density at radius 2 is 1.93 bits per heavy atom. The minimum absolute atomic E-state index is 0.305. The molecule has 0 unspecified atom stereocenters. The number of likely N-dealkylation sites (tertiary alicyclic amines) is 1. The lowest BCUT2D eigenvalue weighted by Gasteiger charge is -2.21. The lowest BCUT2D eigenvalue weighted by atomic mass is 10.1. The summed E-state index contributed by atoms with van der Waals surface area (Å²) in [6, 6.07) is 10.7. The van der Waals surface area contributed by atoms with E-state index in [0.717, 1.165) is 45.6 Å². The number of hydrogen-bond acceptors (Lipinski definition) is 4. The average molecular weight is 376 g/mol. The molecule has 2 N–H and O–H groups in total. The monoisotopic (exact) mass is 375 g/mol. The molecule has 1 heterocycles. The van der Waals surface area contributed by atoms with E-state index in [9.17, 15) is 4.79 Å². The molecule has 0 spiro atoms. The van der Waals surface area contributed by atoms with Gasteiger partial charge in [-0.05, 0) is 84.1 Å². The van der Waals surface area contributed by atoms with Crippen LogP contribution >= 0.6 is 0 Å². The lowest BCUT2D eigenvalue weighted by Crippen LogP contribution is -2.36. The van der Waals surface area contributed by atoms with Crippen LogP contribution in [0.25, 0.3) is 0 Å². The molecule has 0 saturated carbocycles. The van der Waals surface area contributed by atoms with Crippen LogP contribution in [0.15, 0.2) is 30.3 Å². The van der Waals surface area contributed by atoms with Gasteiger partial charge in [0.25, 0.3) is 0 Å². The fourth-order valence-electron chi connectivity index (χ4n) is 3.44. The molecule has 0 aromatic heterocycles. The Labute approximate surface area is 164 Å². The molecular weight excluding hydrogens is 338 g/mol. The zero-order chi connectivity index (χ0) is 19.5. The molecule has 0 bridgehead atoms. The van der Waals surface area contributed by atoms with Gasteiger partial charge in [0.05, 0.1) is 0 Å². The molecule has 1 aromatic carbocycles. The molecule has 0 aliphatic carbocycles. The number of nitrogens with zero attached hydrogens (tertiary/aromatic N) is 1. The second kappa shape index (κ2) is 11.3. The maximum absolute atomic E-state index is 11.7. The number of alkyl carbamates (subject to hydrolysis) is 1. The third kappa shape index (κ3) is 9.78. The SMILES string of the molecule is CC(C)(C)OC(=O)NC[C@H]1CCN(CCCNCCCc2ccccc2)C1. The van der Waals surface area contributed by atoms with Gasteiger partial charge in [0.1, 0.15) is 5.60 Å². The Kier molecular flexibility index (Phi) is 9.08. The predicted molar refractivity (Wildman–Crippen MR) is 111 cm³/mol. The van der Waals surface area contributed by atoms with Gasteiger partial charge in [0.15, 0.2) is 0 Å². The minimum Gasteiger partial charge on any atom is -0.444 e. The van der Waals surface area contributed by atoms with Crippen molar-refractivity contribution in [3.63, 3.8) is 0 Å². The fourth-order valence-corrected chi connectivity index (χ4v) is 3.44. The Balaban J connectivity index is 1.45. The molecule has 2 rings (SSSR count). The van der Waals surface area contributed by atoms with Gasteiger partial charge in [-0.25, -0.2) is 4.79 Å². The van der Waals surface area contributed by atoms with Crippen molar-refractivity contribution in [1.82, 2.24) is 15.5 Å². The van der Waals surface area contributed by atoms with Gasteiger partial charge in [0, 0.05) is 13.1 Å². The second-order valence-electron chi connectivity index (χ2n) is 8.53. The summed E-state index contributed by atoms with van der Waals surface area (Å²) in [6.07, 6.45) is 4.36. The van der Waals surface area contributed by atoms with E-state index in [0.29, 0.717) is 12.5 Å². The van der Waals surface area contributed by atoms with E-state index in [1.807, 2.05) is 20.8 Å². The van der Waals surface area contributed by atoms with E-state index in [1.54, 1.807) is 0 Å². The first-order valence-electron chi connectivity index (χ1n) is 10.4. The van der Waals surface area contributed by atoms with Crippen molar-refractivity contribution < 1.29 is 9.53 Å². The molecule has 1 fully saturated rings. The normalized spacial score (nSPS) is 17.8. The molecule has 0 radical (unpaired) electrons. The molecule has 1 atom stereocenters. The Bertz CT molecular complexity index is 542. The second-order valence-corrected chi connectivity index (χ2v) is 8.53. The molecule has 152 valence electrons. The van der Waals surface area contributed by atoms with Gasteiger partial charge >= 0.3 is 6.09 Å². The van der Waals surface area contributed by atoms with Crippen LogP contribution in [-0.4, -0.2) is 55.9 Å². The Morgan fingerprint density at radius 3 is 2.67 bits per heavy atom. The van der Waals surface area contributed by atoms with E-state index in [2.05, 4.69) is 45.9 Å². The van der Waals surface area contributed by atoms with Crippen molar-refractivity contribution in [2.45, 2.75) is 52.1 Å². The van der Waals surface area contributed by atoms with Gasteiger partial charge in [-0.1, -0.05) is 30.3 Å². The number of aryl methyl sites for hydroxylation is 1. The van der Waals surface area contributed by atoms with E-state index < -0.39 is 5.60 Å². The van der Waals surface area contributed by atoms with Crippen molar-refractivity contribution >= 4 is 6.09 Å². The van der Waals surface area contributed by atoms with Gasteiger partial charge in [0.2, 0.25) is 0 Å². The number of ether oxygens (including phenoxy) is 1. The summed E-state index contributed by atoms with van der Waals surface area (Å²) in [4.78, 5) is 14.2. The largest absolute Gasteiger partial charge is 0.444 e. The highest BCUT2D eigenvalue weighted by atomic mass is 16.6. The number of amides is 1. The average Bonchev–Trinajstić information content (AvgIpc) is 3.06. The summed E-state index contributed by atoms with van der Waals surface area (Å²) in [5, 5.41) is 6.46. The summed E-state index contributed by atoms with van der Waals surface area (Å²) in [5.74, 6) is 0.538. The minimum atomic E-state index is -0.431. The smallest absolute Gasteiger partial charge is 0.407 e. The van der Waals surface area contributed by atoms with Crippen LogP contribution in [0, 0.1) is 5.92 Å². The fraction of sp³-hybridized carbons (Fsp3) is 0.682. The van der Waals surface area contributed by atoms with Crippen molar-refractivity contribution in [2.75, 3.05) is 39.3 Å². The van der Waals surface area contributed by atoms with Crippen LogP contribution in [0.1, 0.15) is 45.6 Å². The first-order chi connectivity index (χ1) is 12.9. The molecule has 5 heteroatoms. The number of carbonyl (C=O) groups is 1. The zero-order valence-electron chi connectivity index (χ0n) is 17.3. The van der Waals surface area contributed by atoms with Crippen molar-refractivity contribution in [3.8, 4) is 0 Å². The van der Waals surface area contributed by atoms with Crippen molar-refractivity contribution in [1.29, 1.82) is 0 Å². The Morgan fingerprint density at radius 1 is 1.19 bits per heavy atom. The van der Waals surface area contributed by atoms with Crippen LogP contribution in [0.3, 0.4) is 0 Å². The molecule has 5 nitrogen and oxygen atoms in total. The molecule has 27 heavy (non-hydrogen) atoms. The highest BCUT2D eigenvalue weighted by molar-refractivity contribution is 5.67. The molecule has 1 amide bonds. The van der Waals surface area contributed by atoms with E-state index in [-0.39, 0.29) is 6.09 Å². The molecule has 1 aliphatic heterocycles. The molecular formula is C22H37N3O2. The first kappa shape index (κ1) is 21.7. The van der Waals surface area contributed by atoms with Gasteiger partial charge in [-0.3, -0.25) is 0 Å². The maximum atomic E-state index is 11.7. The number of rotatable bonds is 10. The topological polar surface area (TPSA) is 53.6 Å². The maximum Gasteiger partial charge on any atom is 0.407 e. The summed E-state index contributed by atoms with van der Waals surface area (Å²) in [5.41, 5.74) is 0.988. The van der Waals surface area contributed by atoms with E-state index in [4.69, 9.17) is 4.74 Å². The highest BCUT2D eigenvalue weighted by Gasteiger charge is 2.23. The Hall–Kier alpha value is -1.59. The summed E-state index contributed by atoms with van der Waals surface area (Å²) in [7, 11) is 0. The molecule has 1 saturated heterocycles. The number of carbonyl (C=O) groups excluding carboxylic acids is 1. The number of benzene rings is 1. The summed E-state index contributed by atoms with van der Waals surface area (Å²) >= 11 is 0. The van der Waals surface area contributed by atoms with Gasteiger partial charge < -0.3 is 20.3 Å². The predicted octanol–water partition coefficient (Wildman–Crippen LogP) is 3.45. The van der Waals surface area contributed by atoms with Crippen LogP contribution in [0.2, 0.25) is 0 Å². The van der Waals surface area contributed by atoms with Crippen LogP contribution in [0.5, 0.6) is 0 Å². The third-order valence-electron chi connectivity index (χ3n) is 4.79. The van der Waals surface area contributed by atoms with E-state index >= 15 is 0 Å². The van der Waals surface area contributed by atoms with Crippen LogP contribution in [-0.2, 0) is 11.2 Å². The van der Waals surface area contributed by atoms with Crippen molar-refractivity contribution in [2.24, 2.45) is 5.92 Å². The standard InChI is InChI=1S/C22H37N3O2/c1-22(2,3)27-21(26)24-17-20-12-16-25(18-20)15-8-14-23-13-7-11-19-9-5-4-6-10-19/h4-6,9-10,20,23H,7-8,11-18H2,1-3H3,(H,24,26)/t20-/m1/s1. The lowest BCUT2D eigenvalue weighted by molar-refractivity contribution is 0.0519. The quantitative estimate of drug-likeness (QED) is 0.615. The summed E-state index contributed by atoms with van der Waals surface area (Å²) < 4.78 is 5.29. The molecule has 1 aromatic rings.